The van der Waals surface area contributed by atoms with Crippen LogP contribution in [-0.2, 0) is 6.54 Å². The zero-order chi connectivity index (χ0) is 18.9. The first-order valence-corrected chi connectivity index (χ1v) is 9.55. The van der Waals surface area contributed by atoms with E-state index in [0.29, 0.717) is 28.7 Å². The molecule has 0 saturated heterocycles. The fourth-order valence-electron chi connectivity index (χ4n) is 3.06. The second kappa shape index (κ2) is 6.94. The lowest BCUT2D eigenvalue weighted by Crippen LogP contribution is -2.30. The molecule has 2 aromatic carbocycles. The van der Waals surface area contributed by atoms with E-state index in [1.54, 1.807) is 17.3 Å². The minimum atomic E-state index is -0.108. The number of pyridine rings is 1. The number of rotatable bonds is 4. The maximum atomic E-state index is 13.3. The molecule has 0 bridgehead atoms. The Hall–Kier alpha value is -3.45. The highest BCUT2D eigenvalue weighted by atomic mass is 32.1. The number of aromatic nitrogens is 2. The number of hydrogen-bond acceptors (Lipinski definition) is 6. The molecule has 4 aromatic rings. The van der Waals surface area contributed by atoms with Crippen molar-refractivity contribution in [1.82, 2.24) is 9.97 Å². The van der Waals surface area contributed by atoms with E-state index >= 15 is 0 Å². The van der Waals surface area contributed by atoms with Crippen LogP contribution in [0.15, 0.2) is 67.0 Å². The van der Waals surface area contributed by atoms with Crippen LogP contribution in [-0.4, -0.2) is 22.7 Å². The second-order valence-electron chi connectivity index (χ2n) is 6.29. The summed E-state index contributed by atoms with van der Waals surface area (Å²) in [7, 11) is 0. The van der Waals surface area contributed by atoms with Gasteiger partial charge in [-0.2, -0.15) is 0 Å². The van der Waals surface area contributed by atoms with Crippen molar-refractivity contribution in [1.29, 1.82) is 0 Å². The van der Waals surface area contributed by atoms with Gasteiger partial charge >= 0.3 is 0 Å². The first-order valence-electron chi connectivity index (χ1n) is 8.74. The average molecular weight is 389 g/mol. The Morgan fingerprint density at radius 1 is 1.07 bits per heavy atom. The van der Waals surface area contributed by atoms with Gasteiger partial charge in [0.15, 0.2) is 16.6 Å². The summed E-state index contributed by atoms with van der Waals surface area (Å²) < 4.78 is 11.8. The number of anilines is 1. The Kier molecular flexibility index (Phi) is 4.14. The third-order valence-electron chi connectivity index (χ3n) is 4.43. The van der Waals surface area contributed by atoms with Crippen LogP contribution in [0.25, 0.3) is 10.2 Å². The van der Waals surface area contributed by atoms with Gasteiger partial charge < -0.3 is 9.47 Å². The molecule has 0 radical (unpaired) electrons. The molecule has 0 atom stereocenters. The minimum absolute atomic E-state index is 0.108. The minimum Gasteiger partial charge on any atom is -0.454 e. The molecule has 138 valence electrons. The van der Waals surface area contributed by atoms with Gasteiger partial charge in [0, 0.05) is 30.1 Å². The highest BCUT2D eigenvalue weighted by molar-refractivity contribution is 7.22. The summed E-state index contributed by atoms with van der Waals surface area (Å²) in [6.07, 6.45) is 3.47. The topological polar surface area (TPSA) is 64.6 Å². The van der Waals surface area contributed by atoms with Crippen molar-refractivity contribution in [2.24, 2.45) is 0 Å². The molecule has 2 aromatic heterocycles. The van der Waals surface area contributed by atoms with Crippen LogP contribution in [0.2, 0.25) is 0 Å². The summed E-state index contributed by atoms with van der Waals surface area (Å²) >= 11 is 1.45. The predicted molar refractivity (Wildman–Crippen MR) is 107 cm³/mol. The molecule has 0 N–H and O–H groups in total. The van der Waals surface area contributed by atoms with Crippen molar-refractivity contribution in [2.45, 2.75) is 6.54 Å². The number of fused-ring (bicyclic) bond motifs is 2. The van der Waals surface area contributed by atoms with Crippen molar-refractivity contribution in [2.75, 3.05) is 11.7 Å². The van der Waals surface area contributed by atoms with Crippen molar-refractivity contribution in [3.8, 4) is 11.5 Å². The number of carbonyl (C=O) groups excluding carboxylic acids is 1. The van der Waals surface area contributed by atoms with Gasteiger partial charge in [0.2, 0.25) is 6.79 Å². The van der Waals surface area contributed by atoms with E-state index in [1.807, 2.05) is 54.6 Å². The first kappa shape index (κ1) is 16.7. The monoisotopic (exact) mass is 389 g/mol. The van der Waals surface area contributed by atoms with Gasteiger partial charge in [0.25, 0.3) is 5.91 Å². The summed E-state index contributed by atoms with van der Waals surface area (Å²) in [5.74, 6) is 1.27. The van der Waals surface area contributed by atoms with Gasteiger partial charge in [0.1, 0.15) is 0 Å². The molecule has 0 unspecified atom stereocenters. The molecule has 0 aliphatic carbocycles. The third kappa shape index (κ3) is 3.05. The Morgan fingerprint density at radius 2 is 1.89 bits per heavy atom. The number of thiazole rings is 1. The quantitative estimate of drug-likeness (QED) is 0.522. The summed E-state index contributed by atoms with van der Waals surface area (Å²) in [6.45, 7) is 0.604. The number of nitrogens with zero attached hydrogens (tertiary/aromatic N) is 3. The Labute approximate surface area is 165 Å². The van der Waals surface area contributed by atoms with Gasteiger partial charge in [0.05, 0.1) is 16.8 Å². The van der Waals surface area contributed by atoms with Crippen LogP contribution in [0.1, 0.15) is 15.9 Å². The molecule has 1 aliphatic heterocycles. The molecular formula is C21H15N3O3S. The molecule has 1 amide bonds. The SMILES string of the molecule is O=C(c1ccccc1)N(Cc1cccnc1)c1nc2cc3c(cc2s1)OCO3. The Balaban J connectivity index is 1.57. The van der Waals surface area contributed by atoms with E-state index in [2.05, 4.69) is 4.98 Å². The highest BCUT2D eigenvalue weighted by Crippen LogP contribution is 2.40. The Morgan fingerprint density at radius 3 is 2.68 bits per heavy atom. The molecular weight excluding hydrogens is 374 g/mol. The van der Waals surface area contributed by atoms with E-state index in [1.165, 1.54) is 11.3 Å². The van der Waals surface area contributed by atoms with Gasteiger partial charge in [-0.05, 0) is 23.8 Å². The normalized spacial score (nSPS) is 12.3. The van der Waals surface area contributed by atoms with E-state index in [0.717, 1.165) is 15.8 Å². The standard InChI is InChI=1S/C21H15N3O3S/c25-20(15-6-2-1-3-7-15)24(12-14-5-4-8-22-11-14)21-23-16-9-17-18(27-13-26-17)10-19(16)28-21/h1-11H,12-13H2. The smallest absolute Gasteiger partial charge is 0.260 e. The number of benzene rings is 2. The van der Waals surface area contributed by atoms with E-state index < -0.39 is 0 Å². The van der Waals surface area contributed by atoms with Crippen LogP contribution in [0.5, 0.6) is 11.5 Å². The van der Waals surface area contributed by atoms with E-state index in [-0.39, 0.29) is 12.7 Å². The maximum absolute atomic E-state index is 13.3. The van der Waals surface area contributed by atoms with Gasteiger partial charge in [-0.25, -0.2) is 4.98 Å². The number of amides is 1. The molecule has 0 fully saturated rings. The maximum Gasteiger partial charge on any atom is 0.260 e. The number of carbonyl (C=O) groups is 1. The first-order chi connectivity index (χ1) is 13.8. The van der Waals surface area contributed by atoms with Crippen LogP contribution in [0.3, 0.4) is 0 Å². The van der Waals surface area contributed by atoms with Gasteiger partial charge in [-0.15, -0.1) is 0 Å². The fourth-order valence-corrected chi connectivity index (χ4v) is 4.03. The zero-order valence-electron chi connectivity index (χ0n) is 14.7. The fraction of sp³-hybridized carbons (Fsp3) is 0.0952. The third-order valence-corrected chi connectivity index (χ3v) is 5.47. The predicted octanol–water partition coefficient (Wildman–Crippen LogP) is 4.27. The molecule has 1 aliphatic rings. The van der Waals surface area contributed by atoms with Crippen molar-refractivity contribution < 1.29 is 14.3 Å². The van der Waals surface area contributed by atoms with Gasteiger partial charge in [-0.1, -0.05) is 35.6 Å². The van der Waals surface area contributed by atoms with Crippen LogP contribution in [0, 0.1) is 0 Å². The molecule has 28 heavy (non-hydrogen) atoms. The largest absolute Gasteiger partial charge is 0.454 e. The van der Waals surface area contributed by atoms with E-state index in [4.69, 9.17) is 14.5 Å². The molecule has 5 rings (SSSR count). The van der Waals surface area contributed by atoms with Crippen LogP contribution in [0.4, 0.5) is 5.13 Å². The van der Waals surface area contributed by atoms with Crippen molar-refractivity contribution in [3.05, 3.63) is 78.1 Å². The van der Waals surface area contributed by atoms with E-state index in [9.17, 15) is 4.79 Å². The number of hydrogen-bond donors (Lipinski definition) is 0. The lowest BCUT2D eigenvalue weighted by Gasteiger charge is -2.20. The molecule has 6 nitrogen and oxygen atoms in total. The number of ether oxygens (including phenoxy) is 2. The molecule has 0 saturated carbocycles. The van der Waals surface area contributed by atoms with Crippen molar-refractivity contribution in [3.63, 3.8) is 0 Å². The second-order valence-corrected chi connectivity index (χ2v) is 7.30. The van der Waals surface area contributed by atoms with Crippen LogP contribution < -0.4 is 14.4 Å². The summed E-state index contributed by atoms with van der Waals surface area (Å²) in [4.78, 5) is 23.8. The summed E-state index contributed by atoms with van der Waals surface area (Å²) in [5, 5.41) is 0.622. The molecule has 7 heteroatoms. The lowest BCUT2D eigenvalue weighted by atomic mass is 10.2. The Bertz CT molecular complexity index is 1100. The van der Waals surface area contributed by atoms with Crippen molar-refractivity contribution >= 4 is 32.6 Å². The highest BCUT2D eigenvalue weighted by Gasteiger charge is 2.23. The molecule has 0 spiro atoms. The summed E-state index contributed by atoms with van der Waals surface area (Å²) in [5.41, 5.74) is 2.32. The summed E-state index contributed by atoms with van der Waals surface area (Å²) in [6, 6.07) is 16.8. The van der Waals surface area contributed by atoms with Crippen LogP contribution >= 0.6 is 11.3 Å². The molecule has 3 heterocycles. The zero-order valence-corrected chi connectivity index (χ0v) is 15.6. The average Bonchev–Trinajstić information content (AvgIpc) is 3.36. The van der Waals surface area contributed by atoms with Gasteiger partial charge in [-0.3, -0.25) is 14.7 Å². The lowest BCUT2D eigenvalue weighted by molar-refractivity contribution is 0.0985.